The summed E-state index contributed by atoms with van der Waals surface area (Å²) in [7, 11) is 0. The second kappa shape index (κ2) is 3.94. The molecule has 2 aromatic rings. The molecular weight excluding hydrogens is 218 g/mol. The van der Waals surface area contributed by atoms with Crippen LogP contribution in [0.15, 0.2) is 24.3 Å². The van der Waals surface area contributed by atoms with Crippen LogP contribution in [0.3, 0.4) is 0 Å². The third-order valence-corrected chi connectivity index (χ3v) is 3.71. The van der Waals surface area contributed by atoms with Crippen molar-refractivity contribution >= 4 is 28.5 Å². The van der Waals surface area contributed by atoms with E-state index in [1.807, 2.05) is 30.8 Å². The van der Waals surface area contributed by atoms with Gasteiger partial charge in [0.25, 0.3) is 0 Å². The van der Waals surface area contributed by atoms with Gasteiger partial charge in [-0.25, -0.2) is 9.97 Å². The smallest absolute Gasteiger partial charge is 0.140 e. The number of aromatic nitrogens is 2. The highest BCUT2D eigenvalue weighted by Gasteiger charge is 2.17. The largest absolute Gasteiger partial charge is 0.346 e. The van der Waals surface area contributed by atoms with Gasteiger partial charge in [-0.1, -0.05) is 12.1 Å². The van der Waals surface area contributed by atoms with Crippen LogP contribution in [0, 0.1) is 6.92 Å². The second-order valence-corrected chi connectivity index (χ2v) is 4.99. The summed E-state index contributed by atoms with van der Waals surface area (Å²) < 4.78 is 0. The molecule has 3 rings (SSSR count). The van der Waals surface area contributed by atoms with Gasteiger partial charge in [0.15, 0.2) is 0 Å². The Hall–Kier alpha value is -1.29. The van der Waals surface area contributed by atoms with E-state index in [-0.39, 0.29) is 0 Å². The molecule has 0 atom stereocenters. The maximum Gasteiger partial charge on any atom is 0.140 e. The van der Waals surface area contributed by atoms with Gasteiger partial charge in [-0.15, -0.1) is 11.8 Å². The molecule has 0 unspecified atom stereocenters. The minimum Gasteiger partial charge on any atom is -0.346 e. The highest BCUT2D eigenvalue weighted by atomic mass is 32.2. The fraction of sp³-hybridized carbons (Fsp3) is 0.333. The van der Waals surface area contributed by atoms with Crippen molar-refractivity contribution in [2.45, 2.75) is 6.92 Å². The Labute approximate surface area is 98.9 Å². The van der Waals surface area contributed by atoms with Crippen molar-refractivity contribution in [2.24, 2.45) is 0 Å². The zero-order valence-corrected chi connectivity index (χ0v) is 10.00. The lowest BCUT2D eigenvalue weighted by Crippen LogP contribution is -2.20. The predicted octanol–water partition coefficient (Wildman–Crippen LogP) is 2.45. The normalized spacial score (nSPS) is 15.9. The molecule has 16 heavy (non-hydrogen) atoms. The molecule has 2 heterocycles. The molecule has 0 spiro atoms. The van der Waals surface area contributed by atoms with Crippen LogP contribution in [-0.4, -0.2) is 28.1 Å². The van der Waals surface area contributed by atoms with Gasteiger partial charge in [0.2, 0.25) is 0 Å². The van der Waals surface area contributed by atoms with E-state index in [0.717, 1.165) is 35.0 Å². The van der Waals surface area contributed by atoms with E-state index in [1.54, 1.807) is 0 Å². The van der Waals surface area contributed by atoms with Gasteiger partial charge < -0.3 is 4.90 Å². The summed E-state index contributed by atoms with van der Waals surface area (Å²) in [5.41, 5.74) is 1.04. The number of nitrogens with zero attached hydrogens (tertiary/aromatic N) is 3. The topological polar surface area (TPSA) is 29.0 Å². The Morgan fingerprint density at radius 2 is 2.12 bits per heavy atom. The van der Waals surface area contributed by atoms with Gasteiger partial charge in [-0.05, 0) is 19.1 Å². The zero-order valence-electron chi connectivity index (χ0n) is 9.18. The van der Waals surface area contributed by atoms with Crippen molar-refractivity contribution in [3.05, 3.63) is 30.1 Å². The number of anilines is 1. The molecule has 0 aliphatic carbocycles. The number of para-hydroxylation sites is 1. The van der Waals surface area contributed by atoms with Crippen LogP contribution < -0.4 is 4.90 Å². The lowest BCUT2D eigenvalue weighted by molar-refractivity contribution is 0.944. The molecule has 1 fully saturated rings. The van der Waals surface area contributed by atoms with Crippen LogP contribution in [0.2, 0.25) is 0 Å². The minimum atomic E-state index is 0.852. The fourth-order valence-corrected chi connectivity index (χ4v) is 2.95. The van der Waals surface area contributed by atoms with Gasteiger partial charge in [0.05, 0.1) is 11.4 Å². The zero-order chi connectivity index (χ0) is 11.0. The molecule has 4 heteroatoms. The summed E-state index contributed by atoms with van der Waals surface area (Å²) in [6, 6.07) is 8.23. The molecule has 0 saturated carbocycles. The Bertz CT molecular complexity index is 521. The fourth-order valence-electron chi connectivity index (χ4n) is 2.00. The molecular formula is C12H13N3S. The predicted molar refractivity (Wildman–Crippen MR) is 68.9 cm³/mol. The summed E-state index contributed by atoms with van der Waals surface area (Å²) >= 11 is 1.96. The Kier molecular flexibility index (Phi) is 2.44. The number of hydrogen-bond donors (Lipinski definition) is 0. The van der Waals surface area contributed by atoms with E-state index in [2.05, 4.69) is 27.0 Å². The number of fused-ring (bicyclic) bond motifs is 1. The number of aryl methyl sites for hydroxylation is 1. The maximum absolute atomic E-state index is 4.58. The van der Waals surface area contributed by atoms with Crippen LogP contribution in [0.5, 0.6) is 0 Å². The van der Waals surface area contributed by atoms with E-state index >= 15 is 0 Å². The molecule has 0 amide bonds. The Morgan fingerprint density at radius 1 is 1.25 bits per heavy atom. The van der Waals surface area contributed by atoms with Gasteiger partial charge in [0.1, 0.15) is 11.6 Å². The van der Waals surface area contributed by atoms with Crippen LogP contribution in [-0.2, 0) is 0 Å². The van der Waals surface area contributed by atoms with E-state index in [1.165, 1.54) is 5.75 Å². The third kappa shape index (κ3) is 1.63. The number of benzene rings is 1. The molecule has 0 radical (unpaired) electrons. The monoisotopic (exact) mass is 231 g/mol. The molecule has 3 nitrogen and oxygen atoms in total. The quantitative estimate of drug-likeness (QED) is 0.754. The summed E-state index contributed by atoms with van der Waals surface area (Å²) in [6.45, 7) is 3.05. The Morgan fingerprint density at radius 3 is 2.94 bits per heavy atom. The van der Waals surface area contributed by atoms with Crippen molar-refractivity contribution in [1.29, 1.82) is 0 Å². The van der Waals surface area contributed by atoms with Crippen molar-refractivity contribution in [3.8, 4) is 0 Å². The molecule has 1 saturated heterocycles. The summed E-state index contributed by atoms with van der Waals surface area (Å²) in [6.07, 6.45) is 0. The first kappa shape index (κ1) is 9.90. The van der Waals surface area contributed by atoms with E-state index < -0.39 is 0 Å². The number of thioether (sulfide) groups is 1. The van der Waals surface area contributed by atoms with Gasteiger partial charge in [-0.2, -0.15) is 0 Å². The first-order chi connectivity index (χ1) is 7.84. The van der Waals surface area contributed by atoms with Crippen molar-refractivity contribution < 1.29 is 0 Å². The average Bonchev–Trinajstić information content (AvgIpc) is 2.81. The lowest BCUT2D eigenvalue weighted by atomic mass is 10.2. The number of hydrogen-bond acceptors (Lipinski definition) is 4. The molecule has 1 aromatic carbocycles. The maximum atomic E-state index is 4.58. The summed E-state index contributed by atoms with van der Waals surface area (Å²) in [5, 5.41) is 1.16. The highest BCUT2D eigenvalue weighted by Crippen LogP contribution is 2.27. The van der Waals surface area contributed by atoms with E-state index in [0.29, 0.717) is 0 Å². The average molecular weight is 231 g/mol. The molecule has 1 aromatic heterocycles. The molecule has 1 aliphatic heterocycles. The van der Waals surface area contributed by atoms with E-state index in [9.17, 15) is 0 Å². The first-order valence-electron chi connectivity index (χ1n) is 5.41. The summed E-state index contributed by atoms with van der Waals surface area (Å²) in [5.74, 6) is 4.18. The van der Waals surface area contributed by atoms with Crippen LogP contribution >= 0.6 is 11.8 Å². The van der Waals surface area contributed by atoms with Crippen LogP contribution in [0.4, 0.5) is 5.82 Å². The molecule has 0 N–H and O–H groups in total. The SMILES string of the molecule is Cc1nc(N2CCSC2)c2ccccc2n1. The number of rotatable bonds is 1. The van der Waals surface area contributed by atoms with Crippen LogP contribution in [0.25, 0.3) is 10.9 Å². The van der Waals surface area contributed by atoms with Gasteiger partial charge >= 0.3 is 0 Å². The first-order valence-corrected chi connectivity index (χ1v) is 6.56. The van der Waals surface area contributed by atoms with Crippen LogP contribution in [0.1, 0.15) is 5.82 Å². The molecule has 0 bridgehead atoms. The second-order valence-electron chi connectivity index (χ2n) is 3.91. The van der Waals surface area contributed by atoms with Crippen molar-refractivity contribution in [1.82, 2.24) is 9.97 Å². The van der Waals surface area contributed by atoms with Crippen molar-refractivity contribution in [2.75, 3.05) is 23.1 Å². The molecule has 82 valence electrons. The molecule has 1 aliphatic rings. The van der Waals surface area contributed by atoms with E-state index in [4.69, 9.17) is 0 Å². The van der Waals surface area contributed by atoms with Gasteiger partial charge in [0, 0.05) is 17.7 Å². The third-order valence-electron chi connectivity index (χ3n) is 2.75. The lowest BCUT2D eigenvalue weighted by Gasteiger charge is -2.17. The summed E-state index contributed by atoms with van der Waals surface area (Å²) in [4.78, 5) is 11.4. The highest BCUT2D eigenvalue weighted by molar-refractivity contribution is 7.99. The standard InChI is InChI=1S/C12H13N3S/c1-9-13-11-5-3-2-4-10(11)12(14-9)15-6-7-16-8-15/h2-5H,6-8H2,1H3. The Balaban J connectivity index is 2.21. The van der Waals surface area contributed by atoms with Gasteiger partial charge in [-0.3, -0.25) is 0 Å². The minimum absolute atomic E-state index is 0.852. The van der Waals surface area contributed by atoms with Crippen molar-refractivity contribution in [3.63, 3.8) is 0 Å².